The van der Waals surface area contributed by atoms with Crippen LogP contribution in [0, 0.1) is 13.8 Å². The SMILES string of the molecule is CC[C@H](C(=O)N1CCCCCC1)N(c1ccc(C)c(C)c1)S(C)(=O)=O. The molecule has 1 aromatic carbocycles. The lowest BCUT2D eigenvalue weighted by Gasteiger charge is -2.34. The van der Waals surface area contributed by atoms with Crippen molar-refractivity contribution in [1.82, 2.24) is 4.90 Å². The summed E-state index contributed by atoms with van der Waals surface area (Å²) in [5, 5.41) is 0. The maximum atomic E-state index is 13.1. The van der Waals surface area contributed by atoms with Crippen LogP contribution in [0.25, 0.3) is 0 Å². The van der Waals surface area contributed by atoms with Crippen molar-refractivity contribution in [2.45, 2.75) is 58.9 Å². The van der Waals surface area contributed by atoms with Crippen LogP contribution in [0.2, 0.25) is 0 Å². The minimum Gasteiger partial charge on any atom is -0.341 e. The van der Waals surface area contributed by atoms with Crippen molar-refractivity contribution in [3.8, 4) is 0 Å². The zero-order valence-corrected chi connectivity index (χ0v) is 16.6. The number of benzene rings is 1. The van der Waals surface area contributed by atoms with Crippen LogP contribution in [0.4, 0.5) is 5.69 Å². The quantitative estimate of drug-likeness (QED) is 0.804. The molecule has 0 radical (unpaired) electrons. The number of amides is 1. The Balaban J connectivity index is 2.40. The van der Waals surface area contributed by atoms with E-state index >= 15 is 0 Å². The number of likely N-dealkylation sites (tertiary alicyclic amines) is 1. The van der Waals surface area contributed by atoms with Gasteiger partial charge >= 0.3 is 0 Å². The molecule has 1 aromatic rings. The zero-order valence-electron chi connectivity index (χ0n) is 15.8. The van der Waals surface area contributed by atoms with Gasteiger partial charge in [-0.3, -0.25) is 9.10 Å². The van der Waals surface area contributed by atoms with Crippen LogP contribution >= 0.6 is 0 Å². The second-order valence-electron chi connectivity index (χ2n) is 6.99. The smallest absolute Gasteiger partial charge is 0.246 e. The van der Waals surface area contributed by atoms with Gasteiger partial charge in [0, 0.05) is 13.1 Å². The fraction of sp³-hybridized carbons (Fsp3) is 0.632. The van der Waals surface area contributed by atoms with Gasteiger partial charge in [0.25, 0.3) is 0 Å². The van der Waals surface area contributed by atoms with Crippen molar-refractivity contribution in [1.29, 1.82) is 0 Å². The molecule has 0 unspecified atom stereocenters. The molecule has 1 heterocycles. The van der Waals surface area contributed by atoms with E-state index in [1.165, 1.54) is 10.6 Å². The Morgan fingerprint density at radius 2 is 1.72 bits per heavy atom. The van der Waals surface area contributed by atoms with Crippen LogP contribution in [-0.2, 0) is 14.8 Å². The van der Waals surface area contributed by atoms with Crippen LogP contribution in [0.15, 0.2) is 18.2 Å². The molecule has 1 amide bonds. The average Bonchev–Trinajstić information content (AvgIpc) is 2.83. The maximum absolute atomic E-state index is 13.1. The summed E-state index contributed by atoms with van der Waals surface area (Å²) in [6.45, 7) is 7.26. The zero-order chi connectivity index (χ0) is 18.6. The highest BCUT2D eigenvalue weighted by Crippen LogP contribution is 2.26. The molecule has 5 nitrogen and oxygen atoms in total. The lowest BCUT2D eigenvalue weighted by Crippen LogP contribution is -2.51. The highest BCUT2D eigenvalue weighted by molar-refractivity contribution is 7.92. The van der Waals surface area contributed by atoms with Crippen molar-refractivity contribution in [2.75, 3.05) is 23.7 Å². The fourth-order valence-corrected chi connectivity index (χ4v) is 4.61. The van der Waals surface area contributed by atoms with Crippen molar-refractivity contribution < 1.29 is 13.2 Å². The number of nitrogens with zero attached hydrogens (tertiary/aromatic N) is 2. The second kappa shape index (κ2) is 8.21. The maximum Gasteiger partial charge on any atom is 0.246 e. The monoisotopic (exact) mass is 366 g/mol. The van der Waals surface area contributed by atoms with E-state index in [9.17, 15) is 13.2 Å². The van der Waals surface area contributed by atoms with Gasteiger partial charge in [-0.15, -0.1) is 0 Å². The highest BCUT2D eigenvalue weighted by atomic mass is 32.2. The third-order valence-corrected chi connectivity index (χ3v) is 6.15. The Morgan fingerprint density at radius 1 is 1.12 bits per heavy atom. The number of carbonyl (C=O) groups is 1. The van der Waals surface area contributed by atoms with Crippen LogP contribution in [-0.4, -0.2) is 44.6 Å². The van der Waals surface area contributed by atoms with Crippen LogP contribution in [0.1, 0.15) is 50.2 Å². The predicted octanol–water partition coefficient (Wildman–Crippen LogP) is 3.25. The van der Waals surface area contributed by atoms with E-state index < -0.39 is 16.1 Å². The minimum atomic E-state index is -3.57. The molecule has 1 saturated heterocycles. The number of hydrogen-bond donors (Lipinski definition) is 0. The lowest BCUT2D eigenvalue weighted by atomic mass is 10.1. The van der Waals surface area contributed by atoms with Gasteiger partial charge in [-0.1, -0.05) is 25.8 Å². The van der Waals surface area contributed by atoms with E-state index in [1.807, 2.05) is 37.8 Å². The summed E-state index contributed by atoms with van der Waals surface area (Å²) in [6, 6.07) is 4.87. The summed E-state index contributed by atoms with van der Waals surface area (Å²) in [4.78, 5) is 15.0. The Labute approximate surface area is 152 Å². The molecule has 140 valence electrons. The van der Waals surface area contributed by atoms with Crippen molar-refractivity contribution in [3.05, 3.63) is 29.3 Å². The molecule has 0 saturated carbocycles. The Hall–Kier alpha value is -1.56. The van der Waals surface area contributed by atoms with Gasteiger partial charge in [0.1, 0.15) is 6.04 Å². The van der Waals surface area contributed by atoms with E-state index in [0.29, 0.717) is 12.1 Å². The van der Waals surface area contributed by atoms with Gasteiger partial charge in [-0.05, 0) is 56.4 Å². The van der Waals surface area contributed by atoms with E-state index in [0.717, 1.165) is 49.9 Å². The second-order valence-corrected chi connectivity index (χ2v) is 8.85. The summed E-state index contributed by atoms with van der Waals surface area (Å²) in [5.41, 5.74) is 2.69. The van der Waals surface area contributed by atoms with Gasteiger partial charge in [-0.25, -0.2) is 8.42 Å². The third kappa shape index (κ3) is 4.75. The van der Waals surface area contributed by atoms with Gasteiger partial charge < -0.3 is 4.90 Å². The molecule has 1 fully saturated rings. The molecule has 0 bridgehead atoms. The van der Waals surface area contributed by atoms with Gasteiger partial charge in [0.15, 0.2) is 0 Å². The van der Waals surface area contributed by atoms with Gasteiger partial charge in [0.2, 0.25) is 15.9 Å². The summed E-state index contributed by atoms with van der Waals surface area (Å²) in [6.07, 6.45) is 5.88. The van der Waals surface area contributed by atoms with Gasteiger partial charge in [-0.2, -0.15) is 0 Å². The molecule has 1 atom stereocenters. The summed E-state index contributed by atoms with van der Waals surface area (Å²) in [7, 11) is -3.57. The molecule has 2 rings (SSSR count). The summed E-state index contributed by atoms with van der Waals surface area (Å²) in [5.74, 6) is -0.0759. The van der Waals surface area contributed by atoms with E-state index in [-0.39, 0.29) is 5.91 Å². The largest absolute Gasteiger partial charge is 0.341 e. The molecule has 0 aliphatic carbocycles. The lowest BCUT2D eigenvalue weighted by molar-refractivity contribution is -0.132. The van der Waals surface area contributed by atoms with Gasteiger partial charge in [0.05, 0.1) is 11.9 Å². The fourth-order valence-electron chi connectivity index (χ4n) is 3.41. The predicted molar refractivity (Wildman–Crippen MR) is 102 cm³/mol. The normalized spacial score (nSPS) is 17.0. The molecular formula is C19H30N2O3S. The number of rotatable bonds is 5. The minimum absolute atomic E-state index is 0.0759. The van der Waals surface area contributed by atoms with Crippen molar-refractivity contribution >= 4 is 21.6 Å². The van der Waals surface area contributed by atoms with Crippen LogP contribution in [0.3, 0.4) is 0 Å². The molecule has 1 aliphatic rings. The van der Waals surface area contributed by atoms with Crippen LogP contribution < -0.4 is 4.31 Å². The van der Waals surface area contributed by atoms with Crippen molar-refractivity contribution in [2.24, 2.45) is 0 Å². The summed E-state index contributed by atoms with van der Waals surface area (Å²) < 4.78 is 26.4. The van der Waals surface area contributed by atoms with E-state index in [2.05, 4.69) is 0 Å². The number of anilines is 1. The highest BCUT2D eigenvalue weighted by Gasteiger charge is 2.34. The average molecular weight is 367 g/mol. The van der Waals surface area contributed by atoms with Crippen molar-refractivity contribution in [3.63, 3.8) is 0 Å². The summed E-state index contributed by atoms with van der Waals surface area (Å²) >= 11 is 0. The number of aryl methyl sites for hydroxylation is 2. The number of sulfonamides is 1. The number of hydrogen-bond acceptors (Lipinski definition) is 3. The third-order valence-electron chi connectivity index (χ3n) is 4.97. The Kier molecular flexibility index (Phi) is 6.49. The first-order valence-corrected chi connectivity index (χ1v) is 11.0. The molecule has 0 spiro atoms. The molecule has 25 heavy (non-hydrogen) atoms. The number of carbonyl (C=O) groups excluding carboxylic acids is 1. The van der Waals surface area contributed by atoms with E-state index in [4.69, 9.17) is 0 Å². The first-order valence-electron chi connectivity index (χ1n) is 9.11. The Bertz CT molecular complexity index is 707. The van der Waals surface area contributed by atoms with Crippen LogP contribution in [0.5, 0.6) is 0 Å². The molecule has 0 N–H and O–H groups in total. The molecule has 1 aliphatic heterocycles. The topological polar surface area (TPSA) is 57.7 Å². The molecule has 0 aromatic heterocycles. The molecular weight excluding hydrogens is 336 g/mol. The Morgan fingerprint density at radius 3 is 2.20 bits per heavy atom. The first kappa shape index (κ1) is 19.8. The van der Waals surface area contributed by atoms with E-state index in [1.54, 1.807) is 6.07 Å². The first-order chi connectivity index (χ1) is 11.8. The standard InChI is InChI=1S/C19H30N2O3S/c1-5-18(19(22)20-12-8-6-7-9-13-20)21(25(4,23)24)17-11-10-15(2)16(3)14-17/h10-11,14,18H,5-9,12-13H2,1-4H3/t18-/m1/s1. The molecule has 6 heteroatoms.